The molecule has 0 aliphatic rings. The first-order valence-electron chi connectivity index (χ1n) is 8.10. The van der Waals surface area contributed by atoms with Crippen LogP contribution in [0.4, 0.5) is 5.13 Å². The Morgan fingerprint density at radius 1 is 1.12 bits per heavy atom. The molecule has 134 valence electrons. The Bertz CT molecular complexity index is 959. The van der Waals surface area contributed by atoms with E-state index in [1.54, 1.807) is 11.3 Å². The maximum absolute atomic E-state index is 12.4. The van der Waals surface area contributed by atoms with Crippen LogP contribution in [0.1, 0.15) is 33.3 Å². The van der Waals surface area contributed by atoms with Gasteiger partial charge in [-0.3, -0.25) is 14.9 Å². The van der Waals surface area contributed by atoms with Crippen LogP contribution in [0.2, 0.25) is 0 Å². The maximum atomic E-state index is 12.4. The molecule has 0 saturated heterocycles. The highest BCUT2D eigenvalue weighted by atomic mass is 32.1. The zero-order valence-corrected chi connectivity index (χ0v) is 16.4. The van der Waals surface area contributed by atoms with Gasteiger partial charge in [-0.05, 0) is 49.2 Å². The highest BCUT2D eigenvalue weighted by molar-refractivity contribution is 7.17. The summed E-state index contributed by atoms with van der Waals surface area (Å²) in [6.07, 6.45) is 0. The molecule has 1 aromatic carbocycles. The van der Waals surface area contributed by atoms with E-state index in [1.807, 2.05) is 49.6 Å². The third kappa shape index (κ3) is 4.36. The van der Waals surface area contributed by atoms with E-state index in [0.29, 0.717) is 17.2 Å². The highest BCUT2D eigenvalue weighted by Crippen LogP contribution is 2.31. The van der Waals surface area contributed by atoms with Crippen LogP contribution in [-0.2, 0) is 11.3 Å². The zero-order valence-electron chi connectivity index (χ0n) is 14.8. The van der Waals surface area contributed by atoms with Crippen LogP contribution >= 0.6 is 22.7 Å². The molecule has 2 amide bonds. The molecule has 26 heavy (non-hydrogen) atoms. The molecule has 3 rings (SSSR count). The van der Waals surface area contributed by atoms with E-state index in [2.05, 4.69) is 15.6 Å². The second-order valence-electron chi connectivity index (χ2n) is 5.97. The second-order valence-corrected chi connectivity index (χ2v) is 7.99. The van der Waals surface area contributed by atoms with Crippen LogP contribution < -0.4 is 10.6 Å². The number of anilines is 1. The number of aryl methyl sites for hydroxylation is 2. The quantitative estimate of drug-likeness (QED) is 0.685. The summed E-state index contributed by atoms with van der Waals surface area (Å²) in [4.78, 5) is 30.0. The van der Waals surface area contributed by atoms with E-state index in [9.17, 15) is 9.59 Å². The Balaban J connectivity index is 1.68. The number of hydrogen-bond acceptors (Lipinski definition) is 5. The molecule has 0 unspecified atom stereocenters. The van der Waals surface area contributed by atoms with Gasteiger partial charge >= 0.3 is 0 Å². The number of benzene rings is 1. The fourth-order valence-electron chi connectivity index (χ4n) is 2.32. The zero-order chi connectivity index (χ0) is 18.7. The molecule has 0 aliphatic carbocycles. The van der Waals surface area contributed by atoms with Gasteiger partial charge in [0, 0.05) is 22.7 Å². The average molecular weight is 386 g/mol. The van der Waals surface area contributed by atoms with Crippen LogP contribution in [0.3, 0.4) is 0 Å². The average Bonchev–Trinajstić information content (AvgIpc) is 3.24. The van der Waals surface area contributed by atoms with Crippen LogP contribution in [0, 0.1) is 13.8 Å². The van der Waals surface area contributed by atoms with Crippen molar-refractivity contribution in [1.29, 1.82) is 0 Å². The van der Waals surface area contributed by atoms with Crippen molar-refractivity contribution in [1.82, 2.24) is 10.3 Å². The minimum Gasteiger partial charge on any atom is -0.351 e. The molecule has 0 spiro atoms. The van der Waals surface area contributed by atoms with Gasteiger partial charge in [0.1, 0.15) is 0 Å². The molecule has 7 heteroatoms. The van der Waals surface area contributed by atoms with Crippen LogP contribution in [0.25, 0.3) is 10.6 Å². The predicted octanol–water partition coefficient (Wildman–Crippen LogP) is 4.38. The minimum absolute atomic E-state index is 0.0510. The summed E-state index contributed by atoms with van der Waals surface area (Å²) in [5.74, 6) is -0.212. The molecule has 0 atom stereocenters. The van der Waals surface area contributed by atoms with Crippen LogP contribution in [0.15, 0.2) is 35.7 Å². The summed E-state index contributed by atoms with van der Waals surface area (Å²) in [7, 11) is 0. The van der Waals surface area contributed by atoms with E-state index < -0.39 is 0 Å². The monoisotopic (exact) mass is 385 g/mol. The first-order valence-corrected chi connectivity index (χ1v) is 9.79. The van der Waals surface area contributed by atoms with Crippen molar-refractivity contribution < 1.29 is 9.59 Å². The lowest BCUT2D eigenvalue weighted by Crippen LogP contribution is -2.17. The molecule has 2 heterocycles. The Labute approximate surface area is 160 Å². The summed E-state index contributed by atoms with van der Waals surface area (Å²) in [5.41, 5.74) is 3.69. The molecule has 5 nitrogen and oxygen atoms in total. The number of hydrogen-bond donors (Lipinski definition) is 2. The lowest BCUT2D eigenvalue weighted by atomic mass is 10.1. The standard InChI is InChI=1S/C19H19N3O2S2/c1-11-4-5-14(8-12(11)2)18(24)22-19-21-16(10-25-19)17-7-6-15(26-17)9-20-13(3)23/h4-8,10H,9H2,1-3H3,(H,20,23)(H,21,22,24). The van der Waals surface area contributed by atoms with Gasteiger partial charge in [-0.2, -0.15) is 0 Å². The van der Waals surface area contributed by atoms with E-state index in [4.69, 9.17) is 0 Å². The van der Waals surface area contributed by atoms with Crippen molar-refractivity contribution in [2.75, 3.05) is 5.32 Å². The summed E-state index contributed by atoms with van der Waals surface area (Å²) in [6, 6.07) is 9.60. The Hall–Kier alpha value is -2.51. The normalized spacial score (nSPS) is 10.6. The topological polar surface area (TPSA) is 71.1 Å². The molecule has 3 aromatic rings. The summed E-state index contributed by atoms with van der Waals surface area (Å²) in [5, 5.41) is 8.13. The first kappa shape index (κ1) is 18.3. The number of carbonyl (C=O) groups is 2. The number of aromatic nitrogens is 1. The third-order valence-corrected chi connectivity index (χ3v) is 5.78. The lowest BCUT2D eigenvalue weighted by Gasteiger charge is -2.04. The van der Waals surface area contributed by atoms with E-state index in [1.165, 1.54) is 18.3 Å². The van der Waals surface area contributed by atoms with Crippen LogP contribution in [-0.4, -0.2) is 16.8 Å². The number of nitrogens with zero attached hydrogens (tertiary/aromatic N) is 1. The van der Waals surface area contributed by atoms with E-state index >= 15 is 0 Å². The minimum atomic E-state index is -0.161. The Morgan fingerprint density at radius 2 is 1.92 bits per heavy atom. The van der Waals surface area contributed by atoms with E-state index in [-0.39, 0.29) is 11.8 Å². The van der Waals surface area contributed by atoms with Gasteiger partial charge < -0.3 is 5.32 Å². The molecular formula is C19H19N3O2S2. The number of amides is 2. The number of carbonyl (C=O) groups excluding carboxylic acids is 2. The first-order chi connectivity index (χ1) is 12.4. The molecule has 2 aromatic heterocycles. The third-order valence-electron chi connectivity index (χ3n) is 3.92. The highest BCUT2D eigenvalue weighted by Gasteiger charge is 2.12. The molecule has 0 radical (unpaired) electrons. The molecule has 0 bridgehead atoms. The van der Waals surface area contributed by atoms with Gasteiger partial charge in [-0.15, -0.1) is 22.7 Å². The number of thiazole rings is 1. The summed E-state index contributed by atoms with van der Waals surface area (Å²) < 4.78 is 0. The van der Waals surface area contributed by atoms with Crippen molar-refractivity contribution in [2.45, 2.75) is 27.3 Å². The van der Waals surface area contributed by atoms with Gasteiger partial charge in [0.05, 0.1) is 17.1 Å². The fourth-order valence-corrected chi connectivity index (χ4v) is 4.01. The molecule has 2 N–H and O–H groups in total. The van der Waals surface area contributed by atoms with Crippen molar-refractivity contribution in [3.05, 3.63) is 57.3 Å². The van der Waals surface area contributed by atoms with Gasteiger partial charge in [0.2, 0.25) is 5.91 Å². The van der Waals surface area contributed by atoms with Gasteiger partial charge in [0.25, 0.3) is 5.91 Å². The molecular weight excluding hydrogens is 366 g/mol. The van der Waals surface area contributed by atoms with Crippen LogP contribution in [0.5, 0.6) is 0 Å². The number of thiophene rings is 1. The molecule has 0 aliphatic heterocycles. The maximum Gasteiger partial charge on any atom is 0.257 e. The predicted molar refractivity (Wildman–Crippen MR) is 107 cm³/mol. The summed E-state index contributed by atoms with van der Waals surface area (Å²) in [6.45, 7) is 6.02. The lowest BCUT2D eigenvalue weighted by molar-refractivity contribution is -0.119. The largest absolute Gasteiger partial charge is 0.351 e. The van der Waals surface area contributed by atoms with Crippen molar-refractivity contribution in [3.63, 3.8) is 0 Å². The van der Waals surface area contributed by atoms with E-state index in [0.717, 1.165) is 26.6 Å². The second kappa shape index (κ2) is 7.80. The van der Waals surface area contributed by atoms with Crippen molar-refractivity contribution in [2.24, 2.45) is 0 Å². The number of nitrogens with one attached hydrogen (secondary N) is 2. The van der Waals surface area contributed by atoms with Crippen molar-refractivity contribution in [3.8, 4) is 10.6 Å². The molecule has 0 saturated carbocycles. The van der Waals surface area contributed by atoms with Gasteiger partial charge in [-0.25, -0.2) is 4.98 Å². The smallest absolute Gasteiger partial charge is 0.257 e. The fraction of sp³-hybridized carbons (Fsp3) is 0.211. The number of rotatable bonds is 5. The van der Waals surface area contributed by atoms with Gasteiger partial charge in [0.15, 0.2) is 5.13 Å². The summed E-state index contributed by atoms with van der Waals surface area (Å²) >= 11 is 2.97. The Morgan fingerprint density at radius 3 is 2.65 bits per heavy atom. The van der Waals surface area contributed by atoms with Gasteiger partial charge in [-0.1, -0.05) is 6.07 Å². The van der Waals surface area contributed by atoms with Crippen molar-refractivity contribution >= 4 is 39.6 Å². The molecule has 0 fully saturated rings. The Kier molecular flexibility index (Phi) is 5.49. The SMILES string of the molecule is CC(=O)NCc1ccc(-c2csc(NC(=O)c3ccc(C)c(C)c3)n2)s1.